The fraction of sp³-hybridized carbons (Fsp3) is 0.125. The molecule has 1 amide bonds. The molecule has 6 heteroatoms. The van der Waals surface area contributed by atoms with Crippen LogP contribution in [-0.2, 0) is 4.79 Å². The highest BCUT2D eigenvalue weighted by Crippen LogP contribution is 2.15. The number of nitrogens with one attached hydrogen (secondary N) is 2. The van der Waals surface area contributed by atoms with E-state index in [-0.39, 0.29) is 12.2 Å². The van der Waals surface area contributed by atoms with Gasteiger partial charge < -0.3 is 5.32 Å². The van der Waals surface area contributed by atoms with Crippen molar-refractivity contribution in [2.24, 2.45) is 0 Å². The normalized spacial score (nSPS) is 9.64. The van der Waals surface area contributed by atoms with E-state index in [9.17, 15) is 13.6 Å². The Bertz CT molecular complexity index is 344. The van der Waals surface area contributed by atoms with Gasteiger partial charge in [-0.25, -0.2) is 14.3 Å². The summed E-state index contributed by atoms with van der Waals surface area (Å²) in [5, 5.41) is 10.4. The fourth-order valence-corrected chi connectivity index (χ4v) is 0.855. The number of halogens is 2. The van der Waals surface area contributed by atoms with E-state index in [1.54, 1.807) is 0 Å². The van der Waals surface area contributed by atoms with Crippen molar-refractivity contribution in [2.75, 3.05) is 11.9 Å². The number of hydrogen-bond donors (Lipinski definition) is 3. The zero-order chi connectivity index (χ0) is 10.6. The average Bonchev–Trinajstić information content (AvgIpc) is 2.20. The van der Waals surface area contributed by atoms with Crippen LogP contribution in [-0.4, -0.2) is 17.7 Å². The van der Waals surface area contributed by atoms with Gasteiger partial charge in [0.1, 0.15) is 0 Å². The quantitative estimate of drug-likeness (QED) is 0.503. The van der Waals surface area contributed by atoms with Crippen LogP contribution in [0, 0.1) is 11.6 Å². The van der Waals surface area contributed by atoms with E-state index in [0.29, 0.717) is 0 Å². The lowest BCUT2D eigenvalue weighted by molar-refractivity contribution is -0.127. The average molecular weight is 202 g/mol. The van der Waals surface area contributed by atoms with E-state index in [4.69, 9.17) is 5.21 Å². The predicted octanol–water partition coefficient (Wildman–Crippen LogP) is 0.882. The van der Waals surface area contributed by atoms with Gasteiger partial charge in [0.2, 0.25) is 0 Å². The molecule has 1 rings (SSSR count). The van der Waals surface area contributed by atoms with Crippen LogP contribution < -0.4 is 10.8 Å². The van der Waals surface area contributed by atoms with E-state index in [0.717, 1.165) is 6.07 Å². The van der Waals surface area contributed by atoms with Gasteiger partial charge in [-0.3, -0.25) is 10.0 Å². The first-order valence-corrected chi connectivity index (χ1v) is 3.76. The Kier molecular flexibility index (Phi) is 3.35. The van der Waals surface area contributed by atoms with Gasteiger partial charge in [-0.15, -0.1) is 0 Å². The van der Waals surface area contributed by atoms with Crippen molar-refractivity contribution >= 4 is 11.6 Å². The number of benzene rings is 1. The van der Waals surface area contributed by atoms with E-state index in [2.05, 4.69) is 5.32 Å². The lowest BCUT2D eigenvalue weighted by Gasteiger charge is -2.05. The van der Waals surface area contributed by atoms with Crippen molar-refractivity contribution < 1.29 is 18.8 Å². The van der Waals surface area contributed by atoms with Crippen LogP contribution in [0.15, 0.2) is 18.2 Å². The van der Waals surface area contributed by atoms with Gasteiger partial charge in [0.15, 0.2) is 11.6 Å². The summed E-state index contributed by atoms with van der Waals surface area (Å²) >= 11 is 0. The predicted molar refractivity (Wildman–Crippen MR) is 44.8 cm³/mol. The van der Waals surface area contributed by atoms with E-state index < -0.39 is 17.5 Å². The van der Waals surface area contributed by atoms with Crippen LogP contribution in [0.2, 0.25) is 0 Å². The smallest absolute Gasteiger partial charge is 0.262 e. The molecule has 0 aliphatic rings. The Labute approximate surface area is 78.5 Å². The molecule has 0 unspecified atom stereocenters. The summed E-state index contributed by atoms with van der Waals surface area (Å²) in [5.74, 6) is -2.80. The molecule has 0 aliphatic heterocycles. The molecule has 14 heavy (non-hydrogen) atoms. The third-order valence-electron chi connectivity index (χ3n) is 1.52. The first-order chi connectivity index (χ1) is 6.65. The van der Waals surface area contributed by atoms with Crippen LogP contribution >= 0.6 is 0 Å². The first-order valence-electron chi connectivity index (χ1n) is 3.76. The highest BCUT2D eigenvalue weighted by molar-refractivity contribution is 5.79. The maximum atomic E-state index is 12.9. The Morgan fingerprint density at radius 1 is 1.43 bits per heavy atom. The Morgan fingerprint density at radius 3 is 2.79 bits per heavy atom. The van der Waals surface area contributed by atoms with Crippen LogP contribution in [0.3, 0.4) is 0 Å². The summed E-state index contributed by atoms with van der Waals surface area (Å²) in [6.07, 6.45) is 0. The minimum absolute atomic E-state index is 0.131. The van der Waals surface area contributed by atoms with Crippen molar-refractivity contribution in [3.63, 3.8) is 0 Å². The largest absolute Gasteiger partial charge is 0.374 e. The number of carbonyl (C=O) groups excluding carboxylic acids is 1. The molecular weight excluding hydrogens is 194 g/mol. The Morgan fingerprint density at radius 2 is 2.14 bits per heavy atom. The van der Waals surface area contributed by atoms with Gasteiger partial charge >= 0.3 is 0 Å². The standard InChI is InChI=1S/C8H8F2N2O2/c9-5-2-1-3-6(8(5)10)11-4-7(13)12-14/h1-3,11,14H,4H2,(H,12,13). The third-order valence-corrected chi connectivity index (χ3v) is 1.52. The molecule has 0 bridgehead atoms. The summed E-state index contributed by atoms with van der Waals surface area (Å²) in [7, 11) is 0. The minimum Gasteiger partial charge on any atom is -0.374 e. The summed E-state index contributed by atoms with van der Waals surface area (Å²) in [5.41, 5.74) is 1.22. The number of anilines is 1. The monoisotopic (exact) mass is 202 g/mol. The lowest BCUT2D eigenvalue weighted by atomic mass is 10.3. The molecule has 1 aromatic carbocycles. The molecule has 0 radical (unpaired) electrons. The second-order valence-corrected chi connectivity index (χ2v) is 2.49. The molecule has 4 nitrogen and oxygen atoms in total. The second kappa shape index (κ2) is 4.52. The maximum Gasteiger partial charge on any atom is 0.262 e. The van der Waals surface area contributed by atoms with Crippen molar-refractivity contribution in [1.82, 2.24) is 5.48 Å². The molecule has 0 saturated carbocycles. The summed E-state index contributed by atoms with van der Waals surface area (Å²) in [6, 6.07) is 3.55. The molecule has 0 spiro atoms. The highest BCUT2D eigenvalue weighted by Gasteiger charge is 2.07. The zero-order valence-corrected chi connectivity index (χ0v) is 7.05. The van der Waals surface area contributed by atoms with Gasteiger partial charge in [0.25, 0.3) is 5.91 Å². The molecule has 1 aromatic rings. The number of carbonyl (C=O) groups is 1. The summed E-state index contributed by atoms with van der Waals surface area (Å²) in [6.45, 7) is -0.336. The van der Waals surface area contributed by atoms with Crippen molar-refractivity contribution in [3.05, 3.63) is 29.8 Å². The van der Waals surface area contributed by atoms with Crippen molar-refractivity contribution in [1.29, 1.82) is 0 Å². The highest BCUT2D eigenvalue weighted by atomic mass is 19.2. The van der Waals surface area contributed by atoms with Crippen LogP contribution in [0.4, 0.5) is 14.5 Å². The zero-order valence-electron chi connectivity index (χ0n) is 7.05. The molecule has 76 valence electrons. The summed E-state index contributed by atoms with van der Waals surface area (Å²) < 4.78 is 25.5. The Hall–Kier alpha value is -1.69. The van der Waals surface area contributed by atoms with E-state index in [1.807, 2.05) is 0 Å². The molecule has 0 aromatic heterocycles. The van der Waals surface area contributed by atoms with Crippen LogP contribution in [0.1, 0.15) is 0 Å². The van der Waals surface area contributed by atoms with Gasteiger partial charge in [-0.05, 0) is 12.1 Å². The summed E-state index contributed by atoms with van der Waals surface area (Å²) in [4.78, 5) is 10.5. The number of amides is 1. The number of hydrogen-bond acceptors (Lipinski definition) is 3. The SMILES string of the molecule is O=C(CNc1cccc(F)c1F)NO. The van der Waals surface area contributed by atoms with E-state index in [1.165, 1.54) is 17.6 Å². The van der Waals surface area contributed by atoms with Gasteiger partial charge in [-0.2, -0.15) is 0 Å². The van der Waals surface area contributed by atoms with Crippen molar-refractivity contribution in [3.8, 4) is 0 Å². The van der Waals surface area contributed by atoms with E-state index >= 15 is 0 Å². The van der Waals surface area contributed by atoms with Crippen LogP contribution in [0.5, 0.6) is 0 Å². The Balaban J connectivity index is 2.68. The first kappa shape index (κ1) is 10.4. The second-order valence-electron chi connectivity index (χ2n) is 2.49. The van der Waals surface area contributed by atoms with Gasteiger partial charge in [0, 0.05) is 0 Å². The number of hydroxylamine groups is 1. The molecule has 0 heterocycles. The third kappa shape index (κ3) is 2.40. The van der Waals surface area contributed by atoms with Gasteiger partial charge in [-0.1, -0.05) is 6.07 Å². The molecular formula is C8H8F2N2O2. The fourth-order valence-electron chi connectivity index (χ4n) is 0.855. The minimum atomic E-state index is -1.06. The topological polar surface area (TPSA) is 61.4 Å². The molecule has 0 aliphatic carbocycles. The van der Waals surface area contributed by atoms with Crippen LogP contribution in [0.25, 0.3) is 0 Å². The lowest BCUT2D eigenvalue weighted by Crippen LogP contribution is -2.27. The molecule has 0 saturated heterocycles. The molecule has 0 atom stereocenters. The molecule has 3 N–H and O–H groups in total. The van der Waals surface area contributed by atoms with Gasteiger partial charge in [0.05, 0.1) is 12.2 Å². The number of rotatable bonds is 3. The molecule has 0 fully saturated rings. The van der Waals surface area contributed by atoms with Crippen molar-refractivity contribution in [2.45, 2.75) is 0 Å². The maximum absolute atomic E-state index is 12.9.